The number of halogens is 1. The summed E-state index contributed by atoms with van der Waals surface area (Å²) in [6.07, 6.45) is 0. The molecule has 0 aliphatic carbocycles. The third kappa shape index (κ3) is 5.26. The summed E-state index contributed by atoms with van der Waals surface area (Å²) >= 11 is 5.83. The summed E-state index contributed by atoms with van der Waals surface area (Å²) in [6, 6.07) is 14.5. The smallest absolute Gasteiger partial charge is 0.262 e. The first kappa shape index (κ1) is 23.7. The monoisotopic (exact) mass is 496 g/mol. The summed E-state index contributed by atoms with van der Waals surface area (Å²) in [7, 11) is -5.17. The lowest BCUT2D eigenvalue weighted by Gasteiger charge is -2.15. The molecule has 0 unspecified atom stereocenters. The van der Waals surface area contributed by atoms with Gasteiger partial charge in [-0.1, -0.05) is 17.7 Å². The largest absolute Gasteiger partial charge is 0.493 e. The van der Waals surface area contributed by atoms with Crippen molar-refractivity contribution in [2.45, 2.75) is 16.7 Å². The van der Waals surface area contributed by atoms with Crippen LogP contribution in [-0.2, 0) is 20.0 Å². The van der Waals surface area contributed by atoms with E-state index in [0.29, 0.717) is 22.0 Å². The summed E-state index contributed by atoms with van der Waals surface area (Å²) in [4.78, 5) is -0.176. The zero-order chi connectivity index (χ0) is 23.5. The Morgan fingerprint density at radius 2 is 1.28 bits per heavy atom. The van der Waals surface area contributed by atoms with Gasteiger partial charge in [0.25, 0.3) is 20.0 Å². The molecule has 0 atom stereocenters. The molecule has 11 heteroatoms. The van der Waals surface area contributed by atoms with Crippen LogP contribution in [0.15, 0.2) is 70.5 Å². The van der Waals surface area contributed by atoms with Gasteiger partial charge in [0.2, 0.25) is 0 Å². The molecule has 2 N–H and O–H groups in total. The highest BCUT2D eigenvalue weighted by molar-refractivity contribution is 7.93. The molecule has 0 aromatic heterocycles. The Balaban J connectivity index is 1.92. The second-order valence-electron chi connectivity index (χ2n) is 6.71. The van der Waals surface area contributed by atoms with Crippen molar-refractivity contribution >= 4 is 43.0 Å². The zero-order valence-corrected chi connectivity index (χ0v) is 19.8. The number of aryl methyl sites for hydroxylation is 1. The normalized spacial score (nSPS) is 11.6. The molecule has 0 amide bonds. The molecule has 3 aromatic carbocycles. The maximum absolute atomic E-state index is 12.9. The zero-order valence-electron chi connectivity index (χ0n) is 17.4. The topological polar surface area (TPSA) is 111 Å². The fourth-order valence-electron chi connectivity index (χ4n) is 2.80. The Hall–Kier alpha value is -2.95. The molecule has 0 fully saturated rings. The minimum atomic E-state index is -4.03. The quantitative estimate of drug-likeness (QED) is 0.482. The van der Waals surface area contributed by atoms with Gasteiger partial charge in [-0.3, -0.25) is 9.44 Å². The molecule has 0 radical (unpaired) electrons. The summed E-state index contributed by atoms with van der Waals surface area (Å²) in [5.41, 5.74) is 0.987. The second kappa shape index (κ2) is 9.27. The first-order valence-electron chi connectivity index (χ1n) is 9.19. The van der Waals surface area contributed by atoms with Gasteiger partial charge in [0, 0.05) is 16.8 Å². The van der Waals surface area contributed by atoms with Crippen molar-refractivity contribution in [2.24, 2.45) is 0 Å². The van der Waals surface area contributed by atoms with Crippen molar-refractivity contribution in [3.63, 3.8) is 0 Å². The second-order valence-corrected chi connectivity index (χ2v) is 10.5. The van der Waals surface area contributed by atoms with E-state index in [-0.39, 0.29) is 21.2 Å². The number of benzene rings is 3. The molecule has 0 aliphatic heterocycles. The van der Waals surface area contributed by atoms with E-state index in [4.69, 9.17) is 21.1 Å². The highest BCUT2D eigenvalue weighted by Gasteiger charge is 2.21. The molecule has 8 nitrogen and oxygen atoms in total. The third-order valence-electron chi connectivity index (χ3n) is 4.53. The maximum atomic E-state index is 12.9. The lowest BCUT2D eigenvalue weighted by molar-refractivity contribution is 0.354. The predicted molar refractivity (Wildman–Crippen MR) is 124 cm³/mol. The number of rotatable bonds is 8. The van der Waals surface area contributed by atoms with E-state index in [9.17, 15) is 16.8 Å². The van der Waals surface area contributed by atoms with Gasteiger partial charge in [-0.15, -0.1) is 0 Å². The molecule has 0 saturated carbocycles. The van der Waals surface area contributed by atoms with Gasteiger partial charge in [0.1, 0.15) is 0 Å². The lowest BCUT2D eigenvalue weighted by atomic mass is 10.2. The molecule has 0 bridgehead atoms. The minimum Gasteiger partial charge on any atom is -0.493 e. The Bertz CT molecular complexity index is 1340. The van der Waals surface area contributed by atoms with Crippen LogP contribution >= 0.6 is 11.6 Å². The van der Waals surface area contributed by atoms with E-state index < -0.39 is 20.0 Å². The standard InChI is InChI=1S/C21H21ClN2O6S2/c1-14-4-9-17(31(25,26)23-16-7-5-15(22)6-8-16)12-19(14)24-32(27,28)18-10-11-20(29-2)21(13-18)30-3/h4-13,23-24H,1-3H3. The van der Waals surface area contributed by atoms with Gasteiger partial charge >= 0.3 is 0 Å². The van der Waals surface area contributed by atoms with Gasteiger partial charge in [0.05, 0.1) is 29.7 Å². The number of hydrogen-bond acceptors (Lipinski definition) is 6. The molecule has 3 aromatic rings. The molecule has 0 heterocycles. The van der Waals surface area contributed by atoms with Gasteiger partial charge in [-0.25, -0.2) is 16.8 Å². The Kier molecular flexibility index (Phi) is 6.87. The van der Waals surface area contributed by atoms with Gasteiger partial charge in [0.15, 0.2) is 11.5 Å². The molecular formula is C21H21ClN2O6S2. The van der Waals surface area contributed by atoms with E-state index in [2.05, 4.69) is 9.44 Å². The number of sulfonamides is 2. The summed E-state index contributed by atoms with van der Waals surface area (Å²) in [5, 5.41) is 0.468. The Morgan fingerprint density at radius 3 is 1.91 bits per heavy atom. The van der Waals surface area contributed by atoms with Crippen molar-refractivity contribution in [1.29, 1.82) is 0 Å². The van der Waals surface area contributed by atoms with Gasteiger partial charge < -0.3 is 9.47 Å². The number of hydrogen-bond donors (Lipinski definition) is 2. The average molecular weight is 497 g/mol. The molecule has 0 aliphatic rings. The predicted octanol–water partition coefficient (Wildman–Crippen LogP) is 4.27. The van der Waals surface area contributed by atoms with E-state index in [0.717, 1.165) is 0 Å². The van der Waals surface area contributed by atoms with E-state index in [1.807, 2.05) is 0 Å². The van der Waals surface area contributed by atoms with Crippen molar-refractivity contribution in [3.8, 4) is 11.5 Å². The van der Waals surface area contributed by atoms with E-state index >= 15 is 0 Å². The van der Waals surface area contributed by atoms with E-state index in [1.165, 1.54) is 62.8 Å². The molecule has 0 spiro atoms. The number of nitrogens with one attached hydrogen (secondary N) is 2. The Labute approximate surface area is 192 Å². The van der Waals surface area contributed by atoms with Crippen LogP contribution in [0.3, 0.4) is 0 Å². The first-order valence-corrected chi connectivity index (χ1v) is 12.5. The number of methoxy groups -OCH3 is 2. The van der Waals surface area contributed by atoms with Crippen molar-refractivity contribution in [3.05, 3.63) is 71.2 Å². The highest BCUT2D eigenvalue weighted by atomic mass is 35.5. The van der Waals surface area contributed by atoms with Gasteiger partial charge in [-0.2, -0.15) is 0 Å². The molecular weight excluding hydrogens is 476 g/mol. The van der Waals surface area contributed by atoms with Crippen molar-refractivity contribution in [2.75, 3.05) is 23.7 Å². The number of anilines is 2. The first-order chi connectivity index (χ1) is 15.1. The van der Waals surface area contributed by atoms with Crippen molar-refractivity contribution in [1.82, 2.24) is 0 Å². The van der Waals surface area contributed by atoms with Crippen LogP contribution in [0, 0.1) is 6.92 Å². The molecule has 32 heavy (non-hydrogen) atoms. The summed E-state index contributed by atoms with van der Waals surface area (Å²) in [6.45, 7) is 1.66. The van der Waals surface area contributed by atoms with Crippen LogP contribution in [-0.4, -0.2) is 31.1 Å². The fourth-order valence-corrected chi connectivity index (χ4v) is 5.14. The van der Waals surface area contributed by atoms with E-state index in [1.54, 1.807) is 19.1 Å². The van der Waals surface area contributed by atoms with Gasteiger partial charge in [-0.05, 0) is 61.0 Å². The molecule has 170 valence electrons. The van der Waals surface area contributed by atoms with Crippen LogP contribution in [0.2, 0.25) is 5.02 Å². The van der Waals surface area contributed by atoms with Crippen LogP contribution in [0.1, 0.15) is 5.56 Å². The van der Waals surface area contributed by atoms with Crippen LogP contribution in [0.4, 0.5) is 11.4 Å². The molecule has 0 saturated heterocycles. The fraction of sp³-hybridized carbons (Fsp3) is 0.143. The summed E-state index contributed by atoms with van der Waals surface area (Å²) in [5.74, 6) is 0.625. The SMILES string of the molecule is COc1ccc(S(=O)(=O)Nc2cc(S(=O)(=O)Nc3ccc(Cl)cc3)ccc2C)cc1OC. The average Bonchev–Trinajstić information content (AvgIpc) is 2.76. The van der Waals surface area contributed by atoms with Crippen LogP contribution in [0.5, 0.6) is 11.5 Å². The maximum Gasteiger partial charge on any atom is 0.262 e. The molecule has 3 rings (SSSR count). The van der Waals surface area contributed by atoms with Crippen LogP contribution < -0.4 is 18.9 Å². The van der Waals surface area contributed by atoms with Crippen molar-refractivity contribution < 1.29 is 26.3 Å². The summed E-state index contributed by atoms with van der Waals surface area (Å²) < 4.78 is 66.6. The minimum absolute atomic E-state index is 0.0675. The van der Waals surface area contributed by atoms with Crippen LogP contribution in [0.25, 0.3) is 0 Å². The lowest BCUT2D eigenvalue weighted by Crippen LogP contribution is -2.16. The number of ether oxygens (including phenoxy) is 2. The third-order valence-corrected chi connectivity index (χ3v) is 7.52. The highest BCUT2D eigenvalue weighted by Crippen LogP contribution is 2.31. The Morgan fingerprint density at radius 1 is 0.719 bits per heavy atom.